The number of benzene rings is 2. The molecule has 0 spiro atoms. The van der Waals surface area contributed by atoms with E-state index in [1.807, 2.05) is 32.0 Å². The molecule has 0 atom stereocenters. The lowest BCUT2D eigenvalue weighted by Crippen LogP contribution is -2.24. The van der Waals surface area contributed by atoms with E-state index in [-0.39, 0.29) is 19.1 Å². The minimum absolute atomic E-state index is 0.150. The third-order valence-electron chi connectivity index (χ3n) is 3.81. The average Bonchev–Trinajstić information content (AvgIpc) is 2.67. The Morgan fingerprint density at radius 2 is 1.82 bits per heavy atom. The summed E-state index contributed by atoms with van der Waals surface area (Å²) in [6.07, 6.45) is 1.45. The molecule has 2 rings (SSSR count). The number of hydrogen-bond acceptors (Lipinski definition) is 6. The highest BCUT2D eigenvalue weighted by atomic mass is 16.5. The number of hydrogen-bond donors (Lipinski definition) is 2. The summed E-state index contributed by atoms with van der Waals surface area (Å²) in [5.74, 6) is 0.443. The zero-order valence-electron chi connectivity index (χ0n) is 16.0. The van der Waals surface area contributed by atoms with Crippen molar-refractivity contribution in [2.75, 3.05) is 20.3 Å². The normalized spacial score (nSPS) is 10.5. The molecule has 0 aliphatic carbocycles. The van der Waals surface area contributed by atoms with Crippen molar-refractivity contribution >= 4 is 18.0 Å². The smallest absolute Gasteiger partial charge is 0.277 e. The van der Waals surface area contributed by atoms with Gasteiger partial charge in [-0.05, 0) is 60.9 Å². The monoisotopic (exact) mass is 385 g/mol. The number of methoxy groups -OCH3 is 1. The van der Waals surface area contributed by atoms with Crippen molar-refractivity contribution in [3.05, 3.63) is 53.1 Å². The van der Waals surface area contributed by atoms with Crippen molar-refractivity contribution in [1.29, 1.82) is 0 Å². The largest absolute Gasteiger partial charge is 0.493 e. The van der Waals surface area contributed by atoms with Crippen LogP contribution >= 0.6 is 0 Å². The van der Waals surface area contributed by atoms with E-state index in [2.05, 4.69) is 10.5 Å². The Kier molecular flexibility index (Phi) is 7.38. The predicted molar refractivity (Wildman–Crippen MR) is 105 cm³/mol. The maximum absolute atomic E-state index is 11.8. The van der Waals surface area contributed by atoms with Gasteiger partial charge in [0.1, 0.15) is 5.75 Å². The van der Waals surface area contributed by atoms with Crippen LogP contribution in [0.15, 0.2) is 41.5 Å². The Balaban J connectivity index is 1.87. The van der Waals surface area contributed by atoms with Gasteiger partial charge in [0.15, 0.2) is 24.7 Å². The number of amides is 2. The lowest BCUT2D eigenvalue weighted by Gasteiger charge is -2.09. The Bertz CT molecular complexity index is 880. The maximum Gasteiger partial charge on any atom is 0.277 e. The molecule has 8 nitrogen and oxygen atoms in total. The Hall–Kier alpha value is -3.55. The molecule has 0 bridgehead atoms. The first-order valence-electron chi connectivity index (χ1n) is 8.50. The summed E-state index contributed by atoms with van der Waals surface area (Å²) in [6, 6.07) is 10.6. The van der Waals surface area contributed by atoms with E-state index in [0.29, 0.717) is 22.8 Å². The first-order valence-corrected chi connectivity index (χ1v) is 8.50. The summed E-state index contributed by atoms with van der Waals surface area (Å²) in [4.78, 5) is 22.7. The summed E-state index contributed by atoms with van der Waals surface area (Å²) in [5.41, 5.74) is 10.4. The van der Waals surface area contributed by atoms with Crippen LogP contribution in [-0.2, 0) is 9.59 Å². The maximum atomic E-state index is 11.8. The van der Waals surface area contributed by atoms with Gasteiger partial charge in [0.25, 0.3) is 11.8 Å². The summed E-state index contributed by atoms with van der Waals surface area (Å²) < 4.78 is 15.9. The molecule has 0 aliphatic rings. The third-order valence-corrected chi connectivity index (χ3v) is 3.81. The van der Waals surface area contributed by atoms with Gasteiger partial charge in [-0.25, -0.2) is 5.43 Å². The number of rotatable bonds is 9. The van der Waals surface area contributed by atoms with Gasteiger partial charge in [-0.2, -0.15) is 5.10 Å². The van der Waals surface area contributed by atoms with Gasteiger partial charge >= 0.3 is 0 Å². The van der Waals surface area contributed by atoms with Crippen LogP contribution in [0.4, 0.5) is 0 Å². The van der Waals surface area contributed by atoms with Gasteiger partial charge in [0, 0.05) is 0 Å². The fourth-order valence-electron chi connectivity index (χ4n) is 2.20. The predicted octanol–water partition coefficient (Wildman–Crippen LogP) is 1.71. The van der Waals surface area contributed by atoms with Crippen molar-refractivity contribution in [2.45, 2.75) is 13.8 Å². The average molecular weight is 385 g/mol. The first-order chi connectivity index (χ1) is 13.4. The van der Waals surface area contributed by atoms with E-state index in [9.17, 15) is 9.59 Å². The number of nitrogens with two attached hydrogens (primary N) is 1. The van der Waals surface area contributed by atoms with Gasteiger partial charge in [-0.1, -0.05) is 6.07 Å². The topological polar surface area (TPSA) is 112 Å². The summed E-state index contributed by atoms with van der Waals surface area (Å²) in [5, 5.41) is 3.89. The van der Waals surface area contributed by atoms with E-state index >= 15 is 0 Å². The lowest BCUT2D eigenvalue weighted by molar-refractivity contribution is -0.123. The Labute approximate surface area is 163 Å². The number of nitrogens with zero attached hydrogens (tertiary/aromatic N) is 1. The summed E-state index contributed by atoms with van der Waals surface area (Å²) >= 11 is 0. The fraction of sp³-hybridized carbons (Fsp3) is 0.250. The fourth-order valence-corrected chi connectivity index (χ4v) is 2.20. The van der Waals surface area contributed by atoms with Gasteiger partial charge in [-0.3, -0.25) is 9.59 Å². The second-order valence-electron chi connectivity index (χ2n) is 5.99. The number of nitrogens with one attached hydrogen (secondary N) is 1. The van der Waals surface area contributed by atoms with Gasteiger partial charge in [-0.15, -0.1) is 0 Å². The van der Waals surface area contributed by atoms with Crippen LogP contribution in [0.2, 0.25) is 0 Å². The molecule has 28 heavy (non-hydrogen) atoms. The van der Waals surface area contributed by atoms with Crippen LogP contribution in [0.1, 0.15) is 16.7 Å². The minimum Gasteiger partial charge on any atom is -0.493 e. The van der Waals surface area contributed by atoms with E-state index in [1.54, 1.807) is 18.2 Å². The molecular weight excluding hydrogens is 362 g/mol. The zero-order valence-corrected chi connectivity index (χ0v) is 16.0. The van der Waals surface area contributed by atoms with Crippen LogP contribution < -0.4 is 25.4 Å². The highest BCUT2D eigenvalue weighted by Gasteiger charge is 2.07. The molecular formula is C20H23N3O5. The number of carbonyl (C=O) groups is 2. The second kappa shape index (κ2) is 9.96. The molecule has 0 fully saturated rings. The highest BCUT2D eigenvalue weighted by Crippen LogP contribution is 2.27. The molecule has 148 valence electrons. The molecule has 0 radical (unpaired) electrons. The lowest BCUT2D eigenvalue weighted by atomic mass is 10.1. The van der Waals surface area contributed by atoms with Crippen molar-refractivity contribution in [1.82, 2.24) is 5.43 Å². The molecule has 0 saturated heterocycles. The number of primary amides is 1. The van der Waals surface area contributed by atoms with Crippen molar-refractivity contribution in [3.63, 3.8) is 0 Å². The molecule has 0 aromatic heterocycles. The second-order valence-corrected chi connectivity index (χ2v) is 5.99. The minimum atomic E-state index is -0.585. The van der Waals surface area contributed by atoms with Crippen LogP contribution in [0.5, 0.6) is 17.2 Å². The molecule has 2 aromatic carbocycles. The quantitative estimate of drug-likeness (QED) is 0.504. The van der Waals surface area contributed by atoms with Crippen LogP contribution in [0.25, 0.3) is 0 Å². The molecule has 2 aromatic rings. The van der Waals surface area contributed by atoms with E-state index in [4.69, 9.17) is 19.9 Å². The van der Waals surface area contributed by atoms with Crippen molar-refractivity contribution < 1.29 is 23.8 Å². The SMILES string of the molecule is COc1cc(/C=N/NC(=O)COc2ccc(C)c(C)c2)ccc1OCC(N)=O. The molecule has 8 heteroatoms. The molecule has 0 unspecified atom stereocenters. The number of ether oxygens (including phenoxy) is 3. The third kappa shape index (κ3) is 6.31. The molecule has 2 amide bonds. The van der Waals surface area contributed by atoms with Crippen molar-refractivity contribution in [3.8, 4) is 17.2 Å². The standard InChI is InChI=1S/C20H23N3O5/c1-13-4-6-16(8-14(13)2)27-12-20(25)23-22-10-15-5-7-17(18(9-15)26-3)28-11-19(21)24/h4-10H,11-12H2,1-3H3,(H2,21,24)(H,23,25)/b22-10+. The van der Waals surface area contributed by atoms with E-state index in [0.717, 1.165) is 11.1 Å². The first kappa shape index (κ1) is 20.8. The number of aryl methyl sites for hydroxylation is 2. The van der Waals surface area contributed by atoms with Crippen molar-refractivity contribution in [2.24, 2.45) is 10.8 Å². The van der Waals surface area contributed by atoms with Crippen LogP contribution in [0, 0.1) is 13.8 Å². The van der Waals surface area contributed by atoms with E-state index < -0.39 is 5.91 Å². The van der Waals surface area contributed by atoms with Gasteiger partial charge in [0.05, 0.1) is 13.3 Å². The van der Waals surface area contributed by atoms with Crippen LogP contribution in [0.3, 0.4) is 0 Å². The van der Waals surface area contributed by atoms with Gasteiger partial charge < -0.3 is 19.9 Å². The van der Waals surface area contributed by atoms with Crippen LogP contribution in [-0.4, -0.2) is 38.4 Å². The summed E-state index contributed by atoms with van der Waals surface area (Å²) in [7, 11) is 1.47. The number of hydrazone groups is 1. The molecule has 0 heterocycles. The molecule has 0 saturated carbocycles. The Morgan fingerprint density at radius 3 is 2.50 bits per heavy atom. The molecule has 0 aliphatic heterocycles. The highest BCUT2D eigenvalue weighted by molar-refractivity contribution is 5.83. The van der Waals surface area contributed by atoms with Gasteiger partial charge in [0.2, 0.25) is 0 Å². The Morgan fingerprint density at radius 1 is 1.04 bits per heavy atom. The number of carbonyl (C=O) groups excluding carboxylic acids is 2. The molecule has 3 N–H and O–H groups in total. The van der Waals surface area contributed by atoms with E-state index in [1.165, 1.54) is 13.3 Å². The zero-order chi connectivity index (χ0) is 20.5. The summed E-state index contributed by atoms with van der Waals surface area (Å²) in [6.45, 7) is 3.58.